The maximum atomic E-state index is 12.5. The van der Waals surface area contributed by atoms with Crippen molar-refractivity contribution in [1.82, 2.24) is 4.98 Å². The largest absolute Gasteiger partial charge is 0.493 e. The number of nitrogens with one attached hydrogen (secondary N) is 1. The van der Waals surface area contributed by atoms with Gasteiger partial charge in [0, 0.05) is 34.7 Å². The molecule has 0 fully saturated rings. The number of alkyl halides is 3. The lowest BCUT2D eigenvalue weighted by atomic mass is 10.1. The van der Waals surface area contributed by atoms with Gasteiger partial charge in [0.15, 0.2) is 5.43 Å². The minimum Gasteiger partial charge on any atom is -0.493 e. The first kappa shape index (κ1) is 23.5. The SMILES string of the molecule is O=c1cc(OCCCCCCCCCCC(F)(F)F)cc2[nH]c3cc(Cl)ccc3cc1-2. The fourth-order valence-corrected chi connectivity index (χ4v) is 3.85. The van der Waals surface area contributed by atoms with Crippen LogP contribution in [0.5, 0.6) is 5.75 Å². The third-order valence-corrected chi connectivity index (χ3v) is 5.56. The molecule has 1 aliphatic carbocycles. The van der Waals surface area contributed by atoms with E-state index < -0.39 is 12.6 Å². The smallest absolute Gasteiger partial charge is 0.389 e. The van der Waals surface area contributed by atoms with E-state index in [-0.39, 0.29) is 11.8 Å². The highest BCUT2D eigenvalue weighted by molar-refractivity contribution is 6.31. The molecule has 1 aromatic carbocycles. The molecule has 1 heterocycles. The Hall–Kier alpha value is -2.21. The molecule has 31 heavy (non-hydrogen) atoms. The summed E-state index contributed by atoms with van der Waals surface area (Å²) in [5, 5.41) is 1.54. The zero-order valence-electron chi connectivity index (χ0n) is 17.4. The maximum absolute atomic E-state index is 12.5. The van der Waals surface area contributed by atoms with Crippen LogP contribution >= 0.6 is 11.6 Å². The van der Waals surface area contributed by atoms with Crippen LogP contribution in [0.3, 0.4) is 0 Å². The Morgan fingerprint density at radius 3 is 2.26 bits per heavy atom. The van der Waals surface area contributed by atoms with Crippen LogP contribution in [0.2, 0.25) is 5.02 Å². The number of halogens is 4. The van der Waals surface area contributed by atoms with Gasteiger partial charge in [-0.15, -0.1) is 0 Å². The first-order valence-electron chi connectivity index (χ1n) is 10.8. The Balaban J connectivity index is 1.39. The number of benzene rings is 2. The van der Waals surface area contributed by atoms with E-state index in [9.17, 15) is 18.0 Å². The van der Waals surface area contributed by atoms with E-state index in [1.165, 1.54) is 6.07 Å². The first-order chi connectivity index (χ1) is 14.8. The van der Waals surface area contributed by atoms with Crippen LogP contribution in [0.15, 0.2) is 41.2 Å². The third kappa shape index (κ3) is 7.46. The predicted octanol–water partition coefficient (Wildman–Crippen LogP) is 7.74. The zero-order valence-corrected chi connectivity index (χ0v) is 18.1. The molecule has 0 saturated carbocycles. The standard InChI is InChI=1S/C24H27ClF3NO2/c25-18-10-9-17-13-20-22(29-21(17)14-18)15-19(16-23(20)30)31-12-8-6-4-2-1-3-5-7-11-24(26,27)28/h9-10,13-16,29H,1-8,11-12H2. The van der Waals surface area contributed by atoms with Crippen LogP contribution in [0.25, 0.3) is 22.2 Å². The van der Waals surface area contributed by atoms with Gasteiger partial charge in [0.05, 0.1) is 12.3 Å². The lowest BCUT2D eigenvalue weighted by Gasteiger charge is -2.11. The molecule has 0 unspecified atom stereocenters. The molecule has 3 nitrogen and oxygen atoms in total. The van der Waals surface area contributed by atoms with Gasteiger partial charge in [-0.2, -0.15) is 13.2 Å². The lowest BCUT2D eigenvalue weighted by molar-refractivity contribution is -0.135. The lowest BCUT2D eigenvalue weighted by Crippen LogP contribution is -2.08. The molecule has 0 atom stereocenters. The number of unbranched alkanes of at least 4 members (excludes halogenated alkanes) is 7. The topological polar surface area (TPSA) is 42.1 Å². The van der Waals surface area contributed by atoms with Crippen molar-refractivity contribution in [2.24, 2.45) is 0 Å². The summed E-state index contributed by atoms with van der Waals surface area (Å²) in [6, 6.07) is 10.7. The van der Waals surface area contributed by atoms with Crippen molar-refractivity contribution in [3.8, 4) is 17.0 Å². The molecule has 1 aliphatic heterocycles. The van der Waals surface area contributed by atoms with Crippen molar-refractivity contribution in [2.45, 2.75) is 64.0 Å². The zero-order chi connectivity index (χ0) is 22.3. The quantitative estimate of drug-likeness (QED) is 0.238. The average molecular weight is 454 g/mol. The van der Waals surface area contributed by atoms with Crippen molar-refractivity contribution in [1.29, 1.82) is 0 Å². The number of hydrogen-bond donors (Lipinski definition) is 1. The van der Waals surface area contributed by atoms with Gasteiger partial charge in [-0.1, -0.05) is 56.2 Å². The van der Waals surface area contributed by atoms with Gasteiger partial charge < -0.3 is 9.72 Å². The summed E-state index contributed by atoms with van der Waals surface area (Å²) in [6.07, 6.45) is 1.91. The normalized spacial score (nSPS) is 12.0. The Kier molecular flexibility index (Phi) is 8.24. The number of rotatable bonds is 11. The van der Waals surface area contributed by atoms with E-state index in [2.05, 4.69) is 4.98 Å². The van der Waals surface area contributed by atoms with E-state index in [0.717, 1.165) is 49.4 Å². The number of aromatic amines is 1. The highest BCUT2D eigenvalue weighted by Gasteiger charge is 2.25. The first-order valence-corrected chi connectivity index (χ1v) is 11.2. The monoisotopic (exact) mass is 453 g/mol. The average Bonchev–Trinajstić information content (AvgIpc) is 2.70. The van der Waals surface area contributed by atoms with E-state index in [1.807, 2.05) is 24.3 Å². The fourth-order valence-electron chi connectivity index (χ4n) is 3.68. The molecule has 168 valence electrons. The molecule has 0 radical (unpaired) electrons. The van der Waals surface area contributed by atoms with Gasteiger partial charge in [-0.05, 0) is 36.4 Å². The second-order valence-corrected chi connectivity index (χ2v) is 8.36. The number of pyridine rings is 1. The summed E-state index contributed by atoms with van der Waals surface area (Å²) in [7, 11) is 0. The molecule has 0 spiro atoms. The molecule has 7 heteroatoms. The molecule has 1 N–H and O–H groups in total. The van der Waals surface area contributed by atoms with E-state index in [1.54, 1.807) is 6.07 Å². The van der Waals surface area contributed by atoms with Crippen molar-refractivity contribution in [3.63, 3.8) is 0 Å². The van der Waals surface area contributed by atoms with E-state index in [0.29, 0.717) is 35.1 Å². The van der Waals surface area contributed by atoms with Crippen molar-refractivity contribution in [3.05, 3.63) is 51.6 Å². The molecule has 2 aliphatic rings. The van der Waals surface area contributed by atoms with Crippen molar-refractivity contribution in [2.75, 3.05) is 6.61 Å². The van der Waals surface area contributed by atoms with Gasteiger partial charge in [-0.25, -0.2) is 0 Å². The fraction of sp³-hybridized carbons (Fsp3) is 0.458. The summed E-state index contributed by atoms with van der Waals surface area (Å²) in [5.74, 6) is 0.541. The summed E-state index contributed by atoms with van der Waals surface area (Å²) in [5.41, 5.74) is 2.08. The van der Waals surface area contributed by atoms with Crippen LogP contribution < -0.4 is 10.2 Å². The van der Waals surface area contributed by atoms with Crippen LogP contribution in [-0.2, 0) is 0 Å². The number of H-pyrrole nitrogens is 1. The van der Waals surface area contributed by atoms with Gasteiger partial charge in [0.2, 0.25) is 0 Å². The highest BCUT2D eigenvalue weighted by Crippen LogP contribution is 2.27. The Bertz CT molecular complexity index is 1020. The van der Waals surface area contributed by atoms with Crippen LogP contribution in [0.1, 0.15) is 57.8 Å². The molecule has 0 amide bonds. The predicted molar refractivity (Wildman–Crippen MR) is 119 cm³/mol. The van der Waals surface area contributed by atoms with Crippen molar-refractivity contribution < 1.29 is 17.9 Å². The summed E-state index contributed by atoms with van der Waals surface area (Å²) < 4.78 is 42.0. The number of ether oxygens (including phenoxy) is 1. The van der Waals surface area contributed by atoms with E-state index >= 15 is 0 Å². The van der Waals surface area contributed by atoms with Crippen LogP contribution in [0.4, 0.5) is 13.2 Å². The Morgan fingerprint density at radius 1 is 0.871 bits per heavy atom. The Morgan fingerprint density at radius 2 is 1.55 bits per heavy atom. The molecule has 3 rings (SSSR count). The molecule has 0 saturated heterocycles. The van der Waals surface area contributed by atoms with Gasteiger partial charge >= 0.3 is 6.18 Å². The van der Waals surface area contributed by atoms with Crippen LogP contribution in [0, 0.1) is 0 Å². The van der Waals surface area contributed by atoms with Gasteiger partial charge in [-0.3, -0.25) is 4.79 Å². The number of fused-ring (bicyclic) bond motifs is 2. The second kappa shape index (κ2) is 10.9. The second-order valence-electron chi connectivity index (χ2n) is 7.93. The minimum atomic E-state index is -4.03. The van der Waals surface area contributed by atoms with Crippen molar-refractivity contribution >= 4 is 22.5 Å². The van der Waals surface area contributed by atoms with Crippen LogP contribution in [-0.4, -0.2) is 17.8 Å². The maximum Gasteiger partial charge on any atom is 0.389 e. The molecular weight excluding hydrogens is 427 g/mol. The Labute approximate surface area is 184 Å². The van der Waals surface area contributed by atoms with Gasteiger partial charge in [0.1, 0.15) is 5.75 Å². The summed E-state index contributed by atoms with van der Waals surface area (Å²) in [4.78, 5) is 15.7. The summed E-state index contributed by atoms with van der Waals surface area (Å²) in [6.45, 7) is 0.524. The number of hydrogen-bond acceptors (Lipinski definition) is 2. The van der Waals surface area contributed by atoms with E-state index in [4.69, 9.17) is 16.3 Å². The molecular formula is C24H27ClF3NO2. The summed E-state index contributed by atoms with van der Waals surface area (Å²) >= 11 is 6.05. The highest BCUT2D eigenvalue weighted by atomic mass is 35.5. The minimum absolute atomic E-state index is 0.0916. The molecule has 1 aromatic rings. The van der Waals surface area contributed by atoms with Gasteiger partial charge in [0.25, 0.3) is 0 Å². The molecule has 0 aromatic heterocycles. The number of aromatic nitrogens is 1. The third-order valence-electron chi connectivity index (χ3n) is 5.32. The molecule has 0 bridgehead atoms.